The SMILES string of the molecule is Cc1ccc(OCc2sccc2Br)c(CN)c1. The summed E-state index contributed by atoms with van der Waals surface area (Å²) in [7, 11) is 0. The Morgan fingerprint density at radius 1 is 1.35 bits per heavy atom. The molecule has 0 fully saturated rings. The van der Waals surface area contributed by atoms with Crippen LogP contribution < -0.4 is 10.5 Å². The van der Waals surface area contributed by atoms with Gasteiger partial charge in [0.2, 0.25) is 0 Å². The maximum atomic E-state index is 5.81. The largest absolute Gasteiger partial charge is 0.488 e. The minimum atomic E-state index is 0.503. The maximum Gasteiger partial charge on any atom is 0.124 e. The molecule has 2 aromatic rings. The lowest BCUT2D eigenvalue weighted by atomic mass is 10.1. The number of hydrogen-bond acceptors (Lipinski definition) is 3. The van der Waals surface area contributed by atoms with Gasteiger partial charge in [0.05, 0.1) is 4.88 Å². The summed E-state index contributed by atoms with van der Waals surface area (Å²) in [6, 6.07) is 8.12. The van der Waals surface area contributed by atoms with Gasteiger partial charge in [0.15, 0.2) is 0 Å². The molecule has 2 nitrogen and oxygen atoms in total. The van der Waals surface area contributed by atoms with E-state index in [9.17, 15) is 0 Å². The molecule has 0 aliphatic carbocycles. The van der Waals surface area contributed by atoms with Gasteiger partial charge in [0, 0.05) is 16.6 Å². The zero-order valence-electron chi connectivity index (χ0n) is 9.57. The molecule has 0 atom stereocenters. The fourth-order valence-electron chi connectivity index (χ4n) is 1.58. The first-order valence-corrected chi connectivity index (χ1v) is 7.02. The number of hydrogen-bond donors (Lipinski definition) is 1. The molecular weight excluding hydrogens is 298 g/mol. The van der Waals surface area contributed by atoms with Crippen LogP contribution in [0, 0.1) is 6.92 Å². The molecule has 1 heterocycles. The third-order valence-electron chi connectivity index (χ3n) is 2.49. The van der Waals surface area contributed by atoms with Gasteiger partial charge in [-0.3, -0.25) is 0 Å². The van der Waals surface area contributed by atoms with Crippen molar-refractivity contribution in [1.29, 1.82) is 0 Å². The van der Waals surface area contributed by atoms with Crippen molar-refractivity contribution < 1.29 is 4.74 Å². The first kappa shape index (κ1) is 12.6. The number of rotatable bonds is 4. The zero-order valence-corrected chi connectivity index (χ0v) is 12.0. The molecule has 4 heteroatoms. The van der Waals surface area contributed by atoms with Crippen molar-refractivity contribution in [3.63, 3.8) is 0 Å². The van der Waals surface area contributed by atoms with Crippen molar-refractivity contribution in [2.45, 2.75) is 20.1 Å². The lowest BCUT2D eigenvalue weighted by molar-refractivity contribution is 0.306. The molecule has 1 aromatic heterocycles. The Kier molecular flexibility index (Phi) is 4.20. The molecule has 0 amide bonds. The summed E-state index contributed by atoms with van der Waals surface area (Å²) in [6.07, 6.45) is 0. The number of ether oxygens (including phenoxy) is 1. The fraction of sp³-hybridized carbons (Fsp3) is 0.231. The van der Waals surface area contributed by atoms with Gasteiger partial charge in [0.1, 0.15) is 12.4 Å². The molecule has 2 N–H and O–H groups in total. The second kappa shape index (κ2) is 5.67. The topological polar surface area (TPSA) is 35.2 Å². The Hall–Kier alpha value is -0.840. The molecule has 0 saturated carbocycles. The van der Waals surface area contributed by atoms with Crippen molar-refractivity contribution in [2.24, 2.45) is 5.73 Å². The number of thiophene rings is 1. The van der Waals surface area contributed by atoms with Crippen LogP contribution in [0.15, 0.2) is 34.1 Å². The molecule has 0 aliphatic rings. The first-order valence-electron chi connectivity index (χ1n) is 5.35. The minimum Gasteiger partial charge on any atom is -0.488 e. The summed E-state index contributed by atoms with van der Waals surface area (Å²) in [5.41, 5.74) is 7.97. The van der Waals surface area contributed by atoms with E-state index in [1.54, 1.807) is 11.3 Å². The van der Waals surface area contributed by atoms with E-state index in [0.717, 1.165) is 15.8 Å². The van der Waals surface area contributed by atoms with Crippen LogP contribution in [0.4, 0.5) is 0 Å². The molecular formula is C13H14BrNOS. The van der Waals surface area contributed by atoms with E-state index in [0.29, 0.717) is 13.2 Å². The fourth-order valence-corrected chi connectivity index (χ4v) is 2.96. The van der Waals surface area contributed by atoms with Crippen molar-refractivity contribution in [3.8, 4) is 5.75 Å². The van der Waals surface area contributed by atoms with Gasteiger partial charge in [-0.2, -0.15) is 0 Å². The van der Waals surface area contributed by atoms with Crippen LogP contribution in [0.2, 0.25) is 0 Å². The highest BCUT2D eigenvalue weighted by Gasteiger charge is 2.05. The average molecular weight is 312 g/mol. The second-order valence-electron chi connectivity index (χ2n) is 3.80. The van der Waals surface area contributed by atoms with E-state index < -0.39 is 0 Å². The van der Waals surface area contributed by atoms with E-state index in [4.69, 9.17) is 10.5 Å². The summed E-state index contributed by atoms with van der Waals surface area (Å²) >= 11 is 5.18. The molecule has 0 radical (unpaired) electrons. The monoisotopic (exact) mass is 311 g/mol. The highest BCUT2D eigenvalue weighted by atomic mass is 79.9. The normalized spacial score (nSPS) is 10.5. The Labute approximate surface area is 114 Å². The van der Waals surface area contributed by atoms with Gasteiger partial charge >= 0.3 is 0 Å². The predicted molar refractivity (Wildman–Crippen MR) is 75.4 cm³/mol. The van der Waals surface area contributed by atoms with E-state index in [1.165, 1.54) is 10.4 Å². The van der Waals surface area contributed by atoms with Crippen molar-refractivity contribution in [3.05, 3.63) is 50.1 Å². The quantitative estimate of drug-likeness (QED) is 0.930. The Morgan fingerprint density at radius 2 is 2.18 bits per heavy atom. The van der Waals surface area contributed by atoms with Crippen LogP contribution in [0.1, 0.15) is 16.0 Å². The van der Waals surface area contributed by atoms with E-state index in [2.05, 4.69) is 28.9 Å². The first-order chi connectivity index (χ1) is 8.20. The van der Waals surface area contributed by atoms with Gasteiger partial charge in [-0.25, -0.2) is 0 Å². The molecule has 90 valence electrons. The van der Waals surface area contributed by atoms with Gasteiger partial charge < -0.3 is 10.5 Å². The Balaban J connectivity index is 2.11. The molecule has 17 heavy (non-hydrogen) atoms. The van der Waals surface area contributed by atoms with E-state index in [1.807, 2.05) is 23.6 Å². The van der Waals surface area contributed by atoms with Gasteiger partial charge in [0.25, 0.3) is 0 Å². The van der Waals surface area contributed by atoms with Gasteiger partial charge in [-0.05, 0) is 40.4 Å². The summed E-state index contributed by atoms with van der Waals surface area (Å²) in [5, 5.41) is 2.04. The molecule has 2 rings (SSSR count). The van der Waals surface area contributed by atoms with Crippen LogP contribution >= 0.6 is 27.3 Å². The molecule has 0 aliphatic heterocycles. The van der Waals surface area contributed by atoms with Crippen molar-refractivity contribution >= 4 is 27.3 Å². The van der Waals surface area contributed by atoms with Crippen LogP contribution in [0.5, 0.6) is 5.75 Å². The maximum absolute atomic E-state index is 5.81. The van der Waals surface area contributed by atoms with Crippen LogP contribution in [-0.2, 0) is 13.2 Å². The van der Waals surface area contributed by atoms with Crippen LogP contribution in [0.25, 0.3) is 0 Å². The predicted octanol–water partition coefficient (Wildman–Crippen LogP) is 3.86. The highest BCUT2D eigenvalue weighted by Crippen LogP contribution is 2.26. The van der Waals surface area contributed by atoms with E-state index >= 15 is 0 Å². The molecule has 0 unspecified atom stereocenters. The molecule has 0 bridgehead atoms. The summed E-state index contributed by atoms with van der Waals surface area (Å²) in [6.45, 7) is 3.13. The van der Waals surface area contributed by atoms with Crippen LogP contribution in [-0.4, -0.2) is 0 Å². The Bertz CT molecular complexity index is 510. The van der Waals surface area contributed by atoms with Crippen LogP contribution in [0.3, 0.4) is 0 Å². The van der Waals surface area contributed by atoms with Gasteiger partial charge in [-0.1, -0.05) is 17.7 Å². The lowest BCUT2D eigenvalue weighted by Crippen LogP contribution is -2.02. The average Bonchev–Trinajstić information content (AvgIpc) is 2.73. The van der Waals surface area contributed by atoms with Crippen molar-refractivity contribution in [1.82, 2.24) is 0 Å². The van der Waals surface area contributed by atoms with Crippen molar-refractivity contribution in [2.75, 3.05) is 0 Å². The smallest absolute Gasteiger partial charge is 0.124 e. The lowest BCUT2D eigenvalue weighted by Gasteiger charge is -2.10. The number of aryl methyl sites for hydroxylation is 1. The number of nitrogens with two attached hydrogens (primary N) is 1. The molecule has 1 aromatic carbocycles. The zero-order chi connectivity index (χ0) is 12.3. The minimum absolute atomic E-state index is 0.503. The molecule has 0 spiro atoms. The third-order valence-corrected chi connectivity index (χ3v) is 4.39. The number of benzene rings is 1. The Morgan fingerprint density at radius 3 is 2.82 bits per heavy atom. The van der Waals surface area contributed by atoms with E-state index in [-0.39, 0.29) is 0 Å². The summed E-state index contributed by atoms with van der Waals surface area (Å²) < 4.78 is 6.91. The number of halogens is 1. The standard InChI is InChI=1S/C13H14BrNOS/c1-9-2-3-12(10(6-9)7-15)16-8-13-11(14)4-5-17-13/h2-6H,7-8,15H2,1H3. The molecule has 0 saturated heterocycles. The highest BCUT2D eigenvalue weighted by molar-refractivity contribution is 9.10. The second-order valence-corrected chi connectivity index (χ2v) is 5.65. The summed E-state index contributed by atoms with van der Waals surface area (Å²) in [4.78, 5) is 1.19. The summed E-state index contributed by atoms with van der Waals surface area (Å²) in [5.74, 6) is 0.874. The third kappa shape index (κ3) is 3.09. The van der Waals surface area contributed by atoms with Gasteiger partial charge in [-0.15, -0.1) is 11.3 Å².